The molecule has 1 fully saturated rings. The second kappa shape index (κ2) is 6.41. The van der Waals surface area contributed by atoms with Gasteiger partial charge in [-0.15, -0.1) is 22.7 Å². The van der Waals surface area contributed by atoms with Crippen molar-refractivity contribution in [2.75, 3.05) is 0 Å². The van der Waals surface area contributed by atoms with E-state index in [-0.39, 0.29) is 11.9 Å². The lowest BCUT2D eigenvalue weighted by atomic mass is 9.96. The standard InChI is InChI=1S/C15H16BrNOS2/c16-13-8-11(9-20-13)15(18)17-14(10-4-1-2-5-10)12-6-3-7-19-12/h3,6-10,14H,1-2,4-5H2,(H,17,18). The van der Waals surface area contributed by atoms with E-state index in [4.69, 9.17) is 0 Å². The van der Waals surface area contributed by atoms with Crippen molar-refractivity contribution in [1.29, 1.82) is 0 Å². The summed E-state index contributed by atoms with van der Waals surface area (Å²) in [5.41, 5.74) is 0.751. The van der Waals surface area contributed by atoms with Gasteiger partial charge in [-0.25, -0.2) is 0 Å². The summed E-state index contributed by atoms with van der Waals surface area (Å²) in [6, 6.07) is 6.26. The molecule has 2 heterocycles. The molecule has 1 saturated carbocycles. The Kier molecular flexibility index (Phi) is 4.58. The summed E-state index contributed by atoms with van der Waals surface area (Å²) in [6.07, 6.45) is 5.01. The molecule has 1 aliphatic carbocycles. The van der Waals surface area contributed by atoms with Crippen LogP contribution in [0, 0.1) is 5.92 Å². The van der Waals surface area contributed by atoms with Crippen LogP contribution in [0.2, 0.25) is 0 Å². The molecule has 0 aliphatic heterocycles. The SMILES string of the molecule is O=C(NC(c1cccs1)C1CCCC1)c1csc(Br)c1. The van der Waals surface area contributed by atoms with Gasteiger partial charge in [0.2, 0.25) is 0 Å². The van der Waals surface area contributed by atoms with Crippen LogP contribution in [-0.4, -0.2) is 5.91 Å². The molecule has 2 nitrogen and oxygen atoms in total. The number of nitrogens with one attached hydrogen (secondary N) is 1. The first-order chi connectivity index (χ1) is 9.74. The fraction of sp³-hybridized carbons (Fsp3) is 0.400. The van der Waals surface area contributed by atoms with Crippen LogP contribution in [0.1, 0.15) is 47.0 Å². The summed E-state index contributed by atoms with van der Waals surface area (Å²) < 4.78 is 0.996. The highest BCUT2D eigenvalue weighted by Gasteiger charge is 2.28. The van der Waals surface area contributed by atoms with Crippen molar-refractivity contribution in [3.8, 4) is 0 Å². The van der Waals surface area contributed by atoms with Crippen LogP contribution < -0.4 is 5.32 Å². The predicted octanol–water partition coefficient (Wildman–Crippen LogP) is 5.23. The van der Waals surface area contributed by atoms with E-state index in [0.717, 1.165) is 9.35 Å². The average Bonchev–Trinajstić information content (AvgIpc) is 3.17. The van der Waals surface area contributed by atoms with Crippen LogP contribution in [0.25, 0.3) is 0 Å². The van der Waals surface area contributed by atoms with Gasteiger partial charge >= 0.3 is 0 Å². The summed E-state index contributed by atoms with van der Waals surface area (Å²) in [5.74, 6) is 0.622. The van der Waals surface area contributed by atoms with E-state index in [1.54, 1.807) is 22.7 Å². The maximum absolute atomic E-state index is 12.4. The Labute approximate surface area is 135 Å². The third-order valence-corrected chi connectivity index (χ3v) is 6.30. The van der Waals surface area contributed by atoms with Crippen molar-refractivity contribution >= 4 is 44.5 Å². The molecule has 3 rings (SSSR count). The molecular weight excluding hydrogens is 354 g/mol. The minimum Gasteiger partial charge on any atom is -0.344 e. The zero-order valence-electron chi connectivity index (χ0n) is 11.0. The van der Waals surface area contributed by atoms with Gasteiger partial charge in [0.05, 0.1) is 15.4 Å². The van der Waals surface area contributed by atoms with Gasteiger partial charge in [-0.1, -0.05) is 18.9 Å². The first-order valence-electron chi connectivity index (χ1n) is 6.82. The summed E-state index contributed by atoms with van der Waals surface area (Å²) in [6.45, 7) is 0. The van der Waals surface area contributed by atoms with Crippen molar-refractivity contribution in [2.24, 2.45) is 5.92 Å². The maximum Gasteiger partial charge on any atom is 0.252 e. The Morgan fingerprint density at radius 1 is 1.35 bits per heavy atom. The van der Waals surface area contributed by atoms with Crippen molar-refractivity contribution in [2.45, 2.75) is 31.7 Å². The summed E-state index contributed by atoms with van der Waals surface area (Å²) >= 11 is 6.70. The minimum absolute atomic E-state index is 0.0391. The topological polar surface area (TPSA) is 29.1 Å². The Bertz CT molecular complexity index is 572. The number of amides is 1. The van der Waals surface area contributed by atoms with Gasteiger partial charge in [-0.3, -0.25) is 4.79 Å². The van der Waals surface area contributed by atoms with Crippen LogP contribution in [0.5, 0.6) is 0 Å². The van der Waals surface area contributed by atoms with Gasteiger partial charge in [0, 0.05) is 10.3 Å². The molecule has 0 spiro atoms. The fourth-order valence-corrected chi connectivity index (χ4v) is 4.84. The van der Waals surface area contributed by atoms with Crippen molar-refractivity contribution in [3.05, 3.63) is 43.2 Å². The minimum atomic E-state index is 0.0391. The van der Waals surface area contributed by atoms with Gasteiger partial charge in [0.25, 0.3) is 5.91 Å². The molecule has 20 heavy (non-hydrogen) atoms. The van der Waals surface area contributed by atoms with Crippen LogP contribution in [0.4, 0.5) is 0 Å². The number of hydrogen-bond donors (Lipinski definition) is 1. The maximum atomic E-state index is 12.4. The van der Waals surface area contributed by atoms with Gasteiger partial charge in [-0.2, -0.15) is 0 Å². The van der Waals surface area contributed by atoms with E-state index >= 15 is 0 Å². The summed E-state index contributed by atoms with van der Waals surface area (Å²) in [5, 5.41) is 7.24. The van der Waals surface area contributed by atoms with E-state index in [2.05, 4.69) is 38.8 Å². The molecule has 1 N–H and O–H groups in total. The van der Waals surface area contributed by atoms with E-state index in [1.807, 2.05) is 11.4 Å². The smallest absolute Gasteiger partial charge is 0.252 e. The second-order valence-corrected chi connectivity index (χ2v) is 8.42. The van der Waals surface area contributed by atoms with Crippen molar-refractivity contribution in [1.82, 2.24) is 5.32 Å². The number of hydrogen-bond acceptors (Lipinski definition) is 3. The molecule has 1 amide bonds. The molecule has 2 aromatic rings. The highest BCUT2D eigenvalue weighted by Crippen LogP contribution is 2.37. The molecule has 5 heteroatoms. The third-order valence-electron chi connectivity index (χ3n) is 3.84. The van der Waals surface area contributed by atoms with Crippen LogP contribution in [0.3, 0.4) is 0 Å². The lowest BCUT2D eigenvalue weighted by Crippen LogP contribution is -2.32. The highest BCUT2D eigenvalue weighted by atomic mass is 79.9. The first kappa shape index (κ1) is 14.3. The molecule has 1 aliphatic rings. The fourth-order valence-electron chi connectivity index (χ4n) is 2.83. The average molecular weight is 370 g/mol. The number of carbonyl (C=O) groups is 1. The van der Waals surface area contributed by atoms with E-state index in [9.17, 15) is 4.79 Å². The van der Waals surface area contributed by atoms with Gasteiger partial charge in [0.15, 0.2) is 0 Å². The summed E-state index contributed by atoms with van der Waals surface area (Å²) in [7, 11) is 0. The first-order valence-corrected chi connectivity index (χ1v) is 9.37. The zero-order valence-corrected chi connectivity index (χ0v) is 14.2. The zero-order chi connectivity index (χ0) is 13.9. The molecule has 0 aromatic carbocycles. The van der Waals surface area contributed by atoms with Crippen molar-refractivity contribution in [3.63, 3.8) is 0 Å². The normalized spacial score (nSPS) is 17.2. The van der Waals surface area contributed by atoms with Gasteiger partial charge in [0.1, 0.15) is 0 Å². The van der Waals surface area contributed by atoms with E-state index in [0.29, 0.717) is 5.92 Å². The third kappa shape index (κ3) is 3.15. The van der Waals surface area contributed by atoms with E-state index < -0.39 is 0 Å². The predicted molar refractivity (Wildman–Crippen MR) is 88.5 cm³/mol. The number of rotatable bonds is 4. The Morgan fingerprint density at radius 3 is 2.75 bits per heavy atom. The van der Waals surface area contributed by atoms with Crippen LogP contribution in [0.15, 0.2) is 32.7 Å². The van der Waals surface area contributed by atoms with Gasteiger partial charge < -0.3 is 5.32 Å². The van der Waals surface area contributed by atoms with Crippen LogP contribution >= 0.6 is 38.6 Å². The summed E-state index contributed by atoms with van der Waals surface area (Å²) in [4.78, 5) is 13.7. The monoisotopic (exact) mass is 369 g/mol. The quantitative estimate of drug-likeness (QED) is 0.784. The molecule has 0 saturated heterocycles. The largest absolute Gasteiger partial charge is 0.344 e. The molecule has 106 valence electrons. The lowest BCUT2D eigenvalue weighted by molar-refractivity contribution is 0.0923. The van der Waals surface area contributed by atoms with Crippen molar-refractivity contribution < 1.29 is 4.79 Å². The van der Waals surface area contributed by atoms with Gasteiger partial charge in [-0.05, 0) is 52.2 Å². The highest BCUT2D eigenvalue weighted by molar-refractivity contribution is 9.11. The molecule has 0 radical (unpaired) electrons. The van der Waals surface area contributed by atoms with Crippen LogP contribution in [-0.2, 0) is 0 Å². The number of carbonyl (C=O) groups excluding carboxylic acids is 1. The molecular formula is C15H16BrNOS2. The molecule has 0 bridgehead atoms. The second-order valence-electron chi connectivity index (χ2n) is 5.15. The molecule has 1 unspecified atom stereocenters. The molecule has 1 atom stereocenters. The number of thiophene rings is 2. The number of halogens is 1. The Hall–Kier alpha value is -0.650. The Balaban J connectivity index is 1.77. The lowest BCUT2D eigenvalue weighted by Gasteiger charge is -2.23. The van der Waals surface area contributed by atoms with E-state index in [1.165, 1.54) is 30.6 Å². The molecule has 2 aromatic heterocycles. The Morgan fingerprint density at radius 2 is 2.15 bits per heavy atom.